The van der Waals surface area contributed by atoms with Crippen molar-refractivity contribution in [1.82, 2.24) is 10.2 Å². The molecule has 2 aromatic rings. The topological polar surface area (TPSA) is 58.6 Å². The van der Waals surface area contributed by atoms with E-state index in [1.807, 2.05) is 12.1 Å². The van der Waals surface area contributed by atoms with Gasteiger partial charge in [-0.1, -0.05) is 58.0 Å². The van der Waals surface area contributed by atoms with Crippen LogP contribution >= 0.6 is 39.1 Å². The molecule has 0 spiro atoms. The second-order valence-corrected chi connectivity index (χ2v) is 9.41. The average Bonchev–Trinajstić information content (AvgIpc) is 3.26. The van der Waals surface area contributed by atoms with Crippen molar-refractivity contribution in [2.24, 2.45) is 0 Å². The minimum absolute atomic E-state index is 0.163. The summed E-state index contributed by atoms with van der Waals surface area (Å²) in [5, 5.41) is 3.92. The van der Waals surface area contributed by atoms with Gasteiger partial charge >= 0.3 is 0 Å². The van der Waals surface area contributed by atoms with E-state index >= 15 is 0 Å². The van der Waals surface area contributed by atoms with Crippen molar-refractivity contribution in [2.45, 2.75) is 51.2 Å². The molecule has 1 aliphatic carbocycles. The van der Waals surface area contributed by atoms with Gasteiger partial charge in [0, 0.05) is 17.1 Å². The van der Waals surface area contributed by atoms with Crippen molar-refractivity contribution < 1.29 is 14.3 Å². The van der Waals surface area contributed by atoms with Gasteiger partial charge in [-0.3, -0.25) is 9.59 Å². The van der Waals surface area contributed by atoms with Gasteiger partial charge in [0.2, 0.25) is 5.91 Å². The van der Waals surface area contributed by atoms with E-state index in [-0.39, 0.29) is 31.0 Å². The molecule has 3 rings (SSSR count). The van der Waals surface area contributed by atoms with E-state index < -0.39 is 6.04 Å². The van der Waals surface area contributed by atoms with Crippen molar-refractivity contribution in [3.05, 3.63) is 62.5 Å². The number of benzene rings is 2. The first-order valence-corrected chi connectivity index (χ1v) is 11.8. The standard InChI is InChI=1S/C23H25BrCl2N2O3/c1-15(23(30)27-18-4-2-3-5-18)28(13-16-6-11-20(25)21(26)12-16)22(29)14-31-19-9-7-17(24)8-10-19/h6-12,15,18H,2-5,13-14H2,1H3,(H,27,30). The molecule has 0 heterocycles. The molecule has 1 N–H and O–H groups in total. The summed E-state index contributed by atoms with van der Waals surface area (Å²) < 4.78 is 6.58. The van der Waals surface area contributed by atoms with E-state index in [9.17, 15) is 9.59 Å². The quantitative estimate of drug-likeness (QED) is 0.485. The predicted octanol–water partition coefficient (Wildman–Crippen LogP) is 5.61. The SMILES string of the molecule is CC(C(=O)NC1CCCC1)N(Cc1ccc(Cl)c(Cl)c1)C(=O)COc1ccc(Br)cc1. The minimum atomic E-state index is -0.656. The van der Waals surface area contributed by atoms with Crippen LogP contribution in [0.3, 0.4) is 0 Å². The number of nitrogens with one attached hydrogen (secondary N) is 1. The molecule has 1 aliphatic rings. The lowest BCUT2D eigenvalue weighted by Gasteiger charge is -2.29. The number of amides is 2. The smallest absolute Gasteiger partial charge is 0.261 e. The van der Waals surface area contributed by atoms with Crippen LogP contribution in [0.15, 0.2) is 46.9 Å². The van der Waals surface area contributed by atoms with Crippen LogP contribution in [-0.2, 0) is 16.1 Å². The highest BCUT2D eigenvalue weighted by molar-refractivity contribution is 9.10. The Kier molecular flexibility index (Phi) is 8.64. The van der Waals surface area contributed by atoms with Crippen LogP contribution in [0.1, 0.15) is 38.2 Å². The van der Waals surface area contributed by atoms with Crippen LogP contribution in [0.2, 0.25) is 10.0 Å². The normalized spacial score (nSPS) is 14.8. The van der Waals surface area contributed by atoms with E-state index in [0.29, 0.717) is 15.8 Å². The lowest BCUT2D eigenvalue weighted by Crippen LogP contribution is -2.50. The number of halogens is 3. The van der Waals surface area contributed by atoms with Crippen molar-refractivity contribution >= 4 is 50.9 Å². The first-order valence-electron chi connectivity index (χ1n) is 10.3. The Morgan fingerprint density at radius 3 is 2.45 bits per heavy atom. The molecule has 1 unspecified atom stereocenters. The predicted molar refractivity (Wildman–Crippen MR) is 127 cm³/mol. The zero-order valence-corrected chi connectivity index (χ0v) is 20.3. The maximum Gasteiger partial charge on any atom is 0.261 e. The highest BCUT2D eigenvalue weighted by Crippen LogP contribution is 2.24. The number of ether oxygens (including phenoxy) is 1. The third-order valence-corrected chi connectivity index (χ3v) is 6.65. The van der Waals surface area contributed by atoms with Gasteiger partial charge in [-0.15, -0.1) is 0 Å². The van der Waals surface area contributed by atoms with Crippen molar-refractivity contribution in [3.8, 4) is 5.75 Å². The Morgan fingerprint density at radius 2 is 1.81 bits per heavy atom. The summed E-state index contributed by atoms with van der Waals surface area (Å²) in [5.74, 6) is 0.126. The molecule has 5 nitrogen and oxygen atoms in total. The summed E-state index contributed by atoms with van der Waals surface area (Å²) >= 11 is 15.5. The van der Waals surface area contributed by atoms with E-state index in [0.717, 1.165) is 35.7 Å². The first-order chi connectivity index (χ1) is 14.8. The molecule has 0 radical (unpaired) electrons. The number of carbonyl (C=O) groups is 2. The third-order valence-electron chi connectivity index (χ3n) is 5.38. The van der Waals surface area contributed by atoms with Gasteiger partial charge < -0.3 is 15.0 Å². The monoisotopic (exact) mass is 526 g/mol. The summed E-state index contributed by atoms with van der Waals surface area (Å²) in [7, 11) is 0. The summed E-state index contributed by atoms with van der Waals surface area (Å²) in [6.45, 7) is 1.78. The van der Waals surface area contributed by atoms with Gasteiger partial charge in [0.1, 0.15) is 11.8 Å². The molecule has 8 heteroatoms. The van der Waals surface area contributed by atoms with Crippen molar-refractivity contribution in [3.63, 3.8) is 0 Å². The molecule has 0 aliphatic heterocycles. The van der Waals surface area contributed by atoms with Crippen LogP contribution in [0.5, 0.6) is 5.75 Å². The molecular formula is C23H25BrCl2N2O3. The van der Waals surface area contributed by atoms with Crippen LogP contribution in [-0.4, -0.2) is 35.4 Å². The second kappa shape index (κ2) is 11.2. The fraction of sp³-hybridized carbons (Fsp3) is 0.391. The van der Waals surface area contributed by atoms with Crippen molar-refractivity contribution in [1.29, 1.82) is 0 Å². The van der Waals surface area contributed by atoms with Gasteiger partial charge in [-0.05, 0) is 61.7 Å². The largest absolute Gasteiger partial charge is 0.484 e. The number of carbonyl (C=O) groups excluding carboxylic acids is 2. The van der Waals surface area contributed by atoms with E-state index in [1.165, 1.54) is 4.90 Å². The lowest BCUT2D eigenvalue weighted by atomic mass is 10.1. The fourth-order valence-electron chi connectivity index (χ4n) is 3.57. The highest BCUT2D eigenvalue weighted by atomic mass is 79.9. The molecule has 0 saturated heterocycles. The Bertz CT molecular complexity index is 918. The Hall–Kier alpha value is -1.76. The average molecular weight is 528 g/mol. The summed E-state index contributed by atoms with van der Waals surface area (Å²) in [4.78, 5) is 27.5. The van der Waals surface area contributed by atoms with E-state index in [4.69, 9.17) is 27.9 Å². The Morgan fingerprint density at radius 1 is 1.13 bits per heavy atom. The van der Waals surface area contributed by atoms with Gasteiger partial charge in [-0.2, -0.15) is 0 Å². The zero-order chi connectivity index (χ0) is 22.4. The lowest BCUT2D eigenvalue weighted by molar-refractivity contribution is -0.142. The van der Waals surface area contributed by atoms with Crippen LogP contribution in [0, 0.1) is 0 Å². The zero-order valence-electron chi connectivity index (χ0n) is 17.2. The van der Waals surface area contributed by atoms with E-state index in [1.54, 1.807) is 37.3 Å². The fourth-order valence-corrected chi connectivity index (χ4v) is 4.15. The molecule has 1 atom stereocenters. The van der Waals surface area contributed by atoms with Crippen LogP contribution in [0.25, 0.3) is 0 Å². The van der Waals surface area contributed by atoms with E-state index in [2.05, 4.69) is 21.2 Å². The summed E-state index contributed by atoms with van der Waals surface area (Å²) in [5.41, 5.74) is 0.784. The molecule has 2 aromatic carbocycles. The molecule has 31 heavy (non-hydrogen) atoms. The van der Waals surface area contributed by atoms with Gasteiger partial charge in [-0.25, -0.2) is 0 Å². The number of hydrogen-bond acceptors (Lipinski definition) is 3. The number of nitrogens with zero attached hydrogens (tertiary/aromatic N) is 1. The third kappa shape index (κ3) is 6.86. The molecular weight excluding hydrogens is 503 g/mol. The van der Waals surface area contributed by atoms with Crippen molar-refractivity contribution in [2.75, 3.05) is 6.61 Å². The van der Waals surface area contributed by atoms with Crippen LogP contribution < -0.4 is 10.1 Å². The highest BCUT2D eigenvalue weighted by Gasteiger charge is 2.28. The second-order valence-electron chi connectivity index (χ2n) is 7.68. The molecule has 166 valence electrons. The number of rotatable bonds is 8. The Balaban J connectivity index is 1.72. The molecule has 0 bridgehead atoms. The Labute approximate surface area is 201 Å². The summed E-state index contributed by atoms with van der Waals surface area (Å²) in [6.07, 6.45) is 4.19. The minimum Gasteiger partial charge on any atom is -0.484 e. The van der Waals surface area contributed by atoms with Gasteiger partial charge in [0.25, 0.3) is 5.91 Å². The summed E-state index contributed by atoms with van der Waals surface area (Å²) in [6, 6.07) is 11.9. The maximum atomic E-state index is 13.1. The molecule has 2 amide bonds. The molecule has 1 saturated carbocycles. The van der Waals surface area contributed by atoms with Gasteiger partial charge in [0.15, 0.2) is 6.61 Å². The maximum absolute atomic E-state index is 13.1. The number of hydrogen-bond donors (Lipinski definition) is 1. The first kappa shape index (κ1) is 23.9. The molecule has 1 fully saturated rings. The van der Waals surface area contributed by atoms with Crippen LogP contribution in [0.4, 0.5) is 0 Å². The molecule has 0 aromatic heterocycles. The van der Waals surface area contributed by atoms with Gasteiger partial charge in [0.05, 0.1) is 10.0 Å².